The summed E-state index contributed by atoms with van der Waals surface area (Å²) in [6.45, 7) is 6.17. The van der Waals surface area contributed by atoms with Gasteiger partial charge in [0.2, 0.25) is 5.91 Å². The number of rotatable bonds is 6. The summed E-state index contributed by atoms with van der Waals surface area (Å²) in [5, 5.41) is 2.03. The molecule has 15 heavy (non-hydrogen) atoms. The Kier molecular flexibility index (Phi) is 6.64. The zero-order valence-electron chi connectivity index (χ0n) is 9.32. The first-order valence-corrected chi connectivity index (χ1v) is 5.01. The molecule has 0 aromatic heterocycles. The van der Waals surface area contributed by atoms with E-state index in [1.807, 2.05) is 24.1 Å². The molecular weight excluding hydrogens is 196 g/mol. The largest absolute Gasteiger partial charge is 0.351 e. The topological polar surface area (TPSA) is 101 Å². The highest BCUT2D eigenvalue weighted by Crippen LogP contribution is 1.97. The van der Waals surface area contributed by atoms with Crippen molar-refractivity contribution in [2.45, 2.75) is 13.8 Å². The summed E-state index contributed by atoms with van der Waals surface area (Å²) in [4.78, 5) is 23.5. The number of hydrogen-bond acceptors (Lipinski definition) is 4. The minimum Gasteiger partial charge on any atom is -0.351 e. The zero-order valence-corrected chi connectivity index (χ0v) is 9.32. The smallest absolute Gasteiger partial charge is 0.318 e. The summed E-state index contributed by atoms with van der Waals surface area (Å²) in [6.07, 6.45) is 0. The van der Waals surface area contributed by atoms with Crippen LogP contribution in [-0.4, -0.2) is 43.0 Å². The summed E-state index contributed by atoms with van der Waals surface area (Å²) in [7, 11) is 0. The van der Waals surface area contributed by atoms with Gasteiger partial charge in [0.05, 0.1) is 6.54 Å². The maximum absolute atomic E-state index is 11.2. The van der Waals surface area contributed by atoms with E-state index in [1.54, 1.807) is 0 Å². The first-order chi connectivity index (χ1) is 6.99. The average Bonchev–Trinajstić information content (AvgIpc) is 2.15. The van der Waals surface area contributed by atoms with Gasteiger partial charge in [0, 0.05) is 6.54 Å². The Bertz CT molecular complexity index is 220. The van der Waals surface area contributed by atoms with Crippen LogP contribution in [-0.2, 0) is 4.79 Å². The van der Waals surface area contributed by atoms with Gasteiger partial charge in [-0.25, -0.2) is 4.79 Å². The molecule has 0 spiro atoms. The predicted molar refractivity (Wildman–Crippen MR) is 58.1 cm³/mol. The molecule has 0 rings (SSSR count). The van der Waals surface area contributed by atoms with Gasteiger partial charge >= 0.3 is 6.03 Å². The van der Waals surface area contributed by atoms with Gasteiger partial charge < -0.3 is 11.5 Å². The molecule has 1 unspecified atom stereocenters. The molecule has 6 nitrogen and oxygen atoms in total. The lowest BCUT2D eigenvalue weighted by Gasteiger charge is -2.22. The Balaban J connectivity index is 3.98. The molecule has 0 aliphatic rings. The molecule has 0 radical (unpaired) electrons. The molecule has 0 saturated carbocycles. The minimum absolute atomic E-state index is 0.170. The van der Waals surface area contributed by atoms with E-state index in [0.29, 0.717) is 12.5 Å². The molecule has 5 N–H and O–H groups in total. The fourth-order valence-electron chi connectivity index (χ4n) is 1.20. The monoisotopic (exact) mass is 216 g/mol. The van der Waals surface area contributed by atoms with Crippen molar-refractivity contribution in [1.82, 2.24) is 10.2 Å². The Labute approximate surface area is 90.0 Å². The number of likely N-dealkylation sites (N-methyl/N-ethyl adjacent to an activating group) is 1. The van der Waals surface area contributed by atoms with Gasteiger partial charge in [-0.05, 0) is 19.0 Å². The van der Waals surface area contributed by atoms with Crippen molar-refractivity contribution in [2.24, 2.45) is 17.4 Å². The molecule has 88 valence electrons. The molecule has 6 heteroatoms. The molecule has 0 bridgehead atoms. The number of nitrogens with two attached hydrogens (primary N) is 2. The highest BCUT2D eigenvalue weighted by atomic mass is 16.2. The van der Waals surface area contributed by atoms with Crippen LogP contribution in [0.25, 0.3) is 0 Å². The number of urea groups is 1. The van der Waals surface area contributed by atoms with Gasteiger partial charge in [-0.15, -0.1) is 0 Å². The van der Waals surface area contributed by atoms with E-state index in [0.717, 1.165) is 13.1 Å². The fourth-order valence-corrected chi connectivity index (χ4v) is 1.20. The van der Waals surface area contributed by atoms with Crippen molar-refractivity contribution >= 4 is 11.9 Å². The van der Waals surface area contributed by atoms with Gasteiger partial charge in [-0.3, -0.25) is 15.0 Å². The molecule has 0 aliphatic heterocycles. The van der Waals surface area contributed by atoms with E-state index in [4.69, 9.17) is 11.5 Å². The summed E-state index contributed by atoms with van der Waals surface area (Å²) < 4.78 is 0. The quantitative estimate of drug-likeness (QED) is 0.535. The molecule has 0 aromatic rings. The van der Waals surface area contributed by atoms with Crippen LogP contribution in [0.5, 0.6) is 0 Å². The summed E-state index contributed by atoms with van der Waals surface area (Å²) in [5.41, 5.74) is 10.3. The number of primary amides is 1. The Hall–Kier alpha value is -1.14. The SMILES string of the molecule is CCN(CC(=O)NC(N)=O)CC(C)CN. The number of hydrogen-bond donors (Lipinski definition) is 3. The first kappa shape index (κ1) is 13.9. The molecule has 0 aliphatic carbocycles. The van der Waals surface area contributed by atoms with Crippen LogP contribution in [0.2, 0.25) is 0 Å². The Morgan fingerprint density at radius 1 is 1.47 bits per heavy atom. The van der Waals surface area contributed by atoms with Gasteiger partial charge in [-0.1, -0.05) is 13.8 Å². The standard InChI is InChI=1S/C9H20N4O2/c1-3-13(5-7(2)4-10)6-8(14)12-9(11)15/h7H,3-6,10H2,1-2H3,(H3,11,12,14,15). The van der Waals surface area contributed by atoms with E-state index in [9.17, 15) is 9.59 Å². The lowest BCUT2D eigenvalue weighted by molar-refractivity contribution is -0.121. The predicted octanol–water partition coefficient (Wildman–Crippen LogP) is -0.902. The van der Waals surface area contributed by atoms with E-state index < -0.39 is 6.03 Å². The van der Waals surface area contributed by atoms with Crippen molar-refractivity contribution in [3.8, 4) is 0 Å². The van der Waals surface area contributed by atoms with Crippen molar-refractivity contribution in [3.63, 3.8) is 0 Å². The van der Waals surface area contributed by atoms with Gasteiger partial charge in [0.1, 0.15) is 0 Å². The van der Waals surface area contributed by atoms with Crippen LogP contribution < -0.4 is 16.8 Å². The van der Waals surface area contributed by atoms with Gasteiger partial charge in [-0.2, -0.15) is 0 Å². The van der Waals surface area contributed by atoms with E-state index in [1.165, 1.54) is 0 Å². The van der Waals surface area contributed by atoms with Crippen LogP contribution in [0.15, 0.2) is 0 Å². The van der Waals surface area contributed by atoms with E-state index >= 15 is 0 Å². The number of carbonyl (C=O) groups excluding carboxylic acids is 2. The molecule has 3 amide bonds. The number of imide groups is 1. The molecule has 1 atom stereocenters. The second kappa shape index (κ2) is 7.19. The lowest BCUT2D eigenvalue weighted by atomic mass is 10.1. The fraction of sp³-hybridized carbons (Fsp3) is 0.778. The van der Waals surface area contributed by atoms with Gasteiger partial charge in [0.25, 0.3) is 0 Å². The maximum atomic E-state index is 11.2. The Morgan fingerprint density at radius 2 is 2.07 bits per heavy atom. The molecule has 0 aromatic carbocycles. The summed E-state index contributed by atoms with van der Waals surface area (Å²) in [5.74, 6) is -0.0556. The third kappa shape index (κ3) is 6.87. The number of nitrogens with one attached hydrogen (secondary N) is 1. The normalized spacial score (nSPS) is 12.5. The van der Waals surface area contributed by atoms with Crippen LogP contribution in [0, 0.1) is 5.92 Å². The van der Waals surface area contributed by atoms with Crippen LogP contribution in [0.1, 0.15) is 13.8 Å². The summed E-state index contributed by atoms with van der Waals surface area (Å²) >= 11 is 0. The molecule has 0 saturated heterocycles. The molecular formula is C9H20N4O2. The highest BCUT2D eigenvalue weighted by molar-refractivity contribution is 5.94. The average molecular weight is 216 g/mol. The maximum Gasteiger partial charge on any atom is 0.318 e. The summed E-state index contributed by atoms with van der Waals surface area (Å²) in [6, 6.07) is -0.817. The van der Waals surface area contributed by atoms with Crippen LogP contribution in [0.3, 0.4) is 0 Å². The van der Waals surface area contributed by atoms with Gasteiger partial charge in [0.15, 0.2) is 0 Å². The van der Waals surface area contributed by atoms with Crippen molar-refractivity contribution in [1.29, 1.82) is 0 Å². The lowest BCUT2D eigenvalue weighted by Crippen LogP contribution is -2.43. The van der Waals surface area contributed by atoms with Crippen LogP contribution >= 0.6 is 0 Å². The molecule has 0 fully saturated rings. The van der Waals surface area contributed by atoms with E-state index in [2.05, 4.69) is 0 Å². The first-order valence-electron chi connectivity index (χ1n) is 5.01. The van der Waals surface area contributed by atoms with E-state index in [-0.39, 0.29) is 12.5 Å². The number of amides is 3. The zero-order chi connectivity index (χ0) is 11.8. The van der Waals surface area contributed by atoms with Crippen LogP contribution in [0.4, 0.5) is 4.79 Å². The Morgan fingerprint density at radius 3 is 2.47 bits per heavy atom. The van der Waals surface area contributed by atoms with Crippen molar-refractivity contribution in [3.05, 3.63) is 0 Å². The molecule has 0 heterocycles. The minimum atomic E-state index is -0.817. The second-order valence-corrected chi connectivity index (χ2v) is 3.58. The number of nitrogens with zero attached hydrogens (tertiary/aromatic N) is 1. The van der Waals surface area contributed by atoms with Crippen molar-refractivity contribution < 1.29 is 9.59 Å². The third-order valence-electron chi connectivity index (χ3n) is 2.05. The second-order valence-electron chi connectivity index (χ2n) is 3.58. The third-order valence-corrected chi connectivity index (χ3v) is 2.05. The highest BCUT2D eigenvalue weighted by Gasteiger charge is 2.12. The van der Waals surface area contributed by atoms with Crippen molar-refractivity contribution in [2.75, 3.05) is 26.2 Å². The number of carbonyl (C=O) groups is 2.